The van der Waals surface area contributed by atoms with Gasteiger partial charge in [-0.05, 0) is 59.9 Å². The minimum Gasteiger partial charge on any atom is -0.493 e. The lowest BCUT2D eigenvalue weighted by atomic mass is 9.84. The Bertz CT molecular complexity index is 1500. The van der Waals surface area contributed by atoms with Crippen LogP contribution in [-0.2, 0) is 20.7 Å². The average molecular weight is 687 g/mol. The highest BCUT2D eigenvalue weighted by atomic mass is 79.9. The van der Waals surface area contributed by atoms with Crippen LogP contribution in [0.15, 0.2) is 114 Å². The second-order valence-corrected chi connectivity index (χ2v) is 12.1. The van der Waals surface area contributed by atoms with Gasteiger partial charge in [-0.15, -0.1) is 0 Å². The van der Waals surface area contributed by atoms with E-state index in [1.165, 1.54) is 7.11 Å². The van der Waals surface area contributed by atoms with Crippen LogP contribution in [0.25, 0.3) is 0 Å². The van der Waals surface area contributed by atoms with E-state index in [9.17, 15) is 9.59 Å². The summed E-state index contributed by atoms with van der Waals surface area (Å²) in [7, 11) is 1.29. The molecule has 3 N–H and O–H groups in total. The highest BCUT2D eigenvalue weighted by Crippen LogP contribution is 2.30. The molecule has 8 nitrogen and oxygen atoms in total. The Labute approximate surface area is 279 Å². The summed E-state index contributed by atoms with van der Waals surface area (Å²) in [6.45, 7) is 2.12. The van der Waals surface area contributed by atoms with Crippen molar-refractivity contribution in [3.8, 4) is 5.75 Å². The summed E-state index contributed by atoms with van der Waals surface area (Å²) in [5.74, 6) is 0.0575. The van der Waals surface area contributed by atoms with Crippen LogP contribution in [0.2, 0.25) is 0 Å². The molecule has 1 saturated heterocycles. The first-order valence-corrected chi connectivity index (χ1v) is 16.4. The summed E-state index contributed by atoms with van der Waals surface area (Å²) >= 11 is 3.45. The zero-order chi connectivity index (χ0) is 32.1. The number of rotatable bonds is 13. The minimum absolute atomic E-state index is 0.0319. The number of nitrogens with one attached hydrogen (secondary N) is 3. The van der Waals surface area contributed by atoms with Crippen LogP contribution >= 0.6 is 15.9 Å². The zero-order valence-electron chi connectivity index (χ0n) is 25.9. The molecule has 1 fully saturated rings. The maximum Gasteiger partial charge on any atom is 0.407 e. The summed E-state index contributed by atoms with van der Waals surface area (Å²) in [5.41, 5.74) is 3.50. The molecule has 2 amide bonds. The van der Waals surface area contributed by atoms with Gasteiger partial charge >= 0.3 is 6.09 Å². The van der Waals surface area contributed by atoms with Crippen molar-refractivity contribution in [2.75, 3.05) is 32.1 Å². The van der Waals surface area contributed by atoms with Crippen LogP contribution in [0.1, 0.15) is 35.4 Å². The van der Waals surface area contributed by atoms with Crippen LogP contribution in [0.3, 0.4) is 0 Å². The largest absolute Gasteiger partial charge is 0.493 e. The van der Waals surface area contributed by atoms with Crippen molar-refractivity contribution in [3.05, 3.63) is 130 Å². The number of carbonyl (C=O) groups excluding carboxylic acids is 2. The number of morpholine rings is 1. The second kappa shape index (κ2) is 16.9. The van der Waals surface area contributed by atoms with Gasteiger partial charge in [-0.2, -0.15) is 0 Å². The van der Waals surface area contributed by atoms with Gasteiger partial charge in [0.15, 0.2) is 0 Å². The summed E-state index contributed by atoms with van der Waals surface area (Å²) < 4.78 is 18.3. The van der Waals surface area contributed by atoms with Gasteiger partial charge < -0.3 is 30.2 Å². The van der Waals surface area contributed by atoms with E-state index in [-0.39, 0.29) is 18.1 Å². The van der Waals surface area contributed by atoms with E-state index in [1.54, 1.807) is 0 Å². The van der Waals surface area contributed by atoms with Crippen molar-refractivity contribution in [3.63, 3.8) is 0 Å². The van der Waals surface area contributed by atoms with Crippen molar-refractivity contribution in [2.45, 2.75) is 43.4 Å². The Morgan fingerprint density at radius 1 is 0.848 bits per heavy atom. The number of hydrogen-bond donors (Lipinski definition) is 3. The number of alkyl carbamates (subject to hydrolysis) is 1. The van der Waals surface area contributed by atoms with Crippen LogP contribution in [0.5, 0.6) is 5.75 Å². The average Bonchev–Trinajstić information content (AvgIpc) is 3.09. The maximum atomic E-state index is 14.0. The monoisotopic (exact) mass is 685 g/mol. The quantitative estimate of drug-likeness (QED) is 0.145. The van der Waals surface area contributed by atoms with Gasteiger partial charge in [0.2, 0.25) is 5.91 Å². The third kappa shape index (κ3) is 9.42. The number of amides is 2. The van der Waals surface area contributed by atoms with Gasteiger partial charge in [-0.3, -0.25) is 4.79 Å². The van der Waals surface area contributed by atoms with Crippen molar-refractivity contribution < 1.29 is 23.8 Å². The Kier molecular flexibility index (Phi) is 12.2. The lowest BCUT2D eigenvalue weighted by molar-refractivity contribution is -0.118. The molecule has 0 aliphatic carbocycles. The molecule has 46 heavy (non-hydrogen) atoms. The first-order valence-electron chi connectivity index (χ1n) is 15.6. The molecule has 3 atom stereocenters. The molecule has 1 heterocycles. The predicted molar refractivity (Wildman–Crippen MR) is 183 cm³/mol. The Hall–Kier alpha value is -4.18. The molecule has 1 aliphatic heterocycles. The van der Waals surface area contributed by atoms with Gasteiger partial charge in [-0.1, -0.05) is 94.8 Å². The SMILES string of the molecule is COC(=O)NC(C(=O)Nc1ccccc1CCC1CNCC(CCOc2ccc(Br)cc2)O1)C(c1ccccc1)c1ccccc1. The third-order valence-corrected chi connectivity index (χ3v) is 8.58. The topological polar surface area (TPSA) is 97.9 Å². The molecule has 1 aliphatic rings. The maximum absolute atomic E-state index is 14.0. The number of ether oxygens (including phenoxy) is 3. The summed E-state index contributed by atoms with van der Waals surface area (Å²) in [6, 6.07) is 34.1. The second-order valence-electron chi connectivity index (χ2n) is 11.2. The van der Waals surface area contributed by atoms with E-state index in [1.807, 2.05) is 109 Å². The molecular weight excluding hydrogens is 646 g/mol. The van der Waals surface area contributed by atoms with Gasteiger partial charge in [0.25, 0.3) is 0 Å². The fourth-order valence-electron chi connectivity index (χ4n) is 5.72. The van der Waals surface area contributed by atoms with Gasteiger partial charge in [0.05, 0.1) is 25.9 Å². The summed E-state index contributed by atoms with van der Waals surface area (Å²) in [4.78, 5) is 26.6. The molecule has 4 aromatic rings. The number of halogens is 1. The van der Waals surface area contributed by atoms with E-state index in [2.05, 4.69) is 31.9 Å². The molecule has 0 saturated carbocycles. The normalized spacial score (nSPS) is 16.8. The van der Waals surface area contributed by atoms with Crippen LogP contribution in [0, 0.1) is 0 Å². The van der Waals surface area contributed by atoms with Crippen molar-refractivity contribution in [2.24, 2.45) is 0 Å². The van der Waals surface area contributed by atoms with Gasteiger partial charge in [0, 0.05) is 35.6 Å². The standard InChI is InChI=1S/C37H40BrN3O5/c1-44-37(43)41-35(34(27-11-4-2-5-12-27)28-13-6-3-7-14-28)36(42)40-33-15-9-8-10-26(33)16-19-31-24-39-25-32(46-31)22-23-45-30-20-17-29(38)18-21-30/h2-15,17-18,20-21,31-32,34-35,39H,16,19,22-25H2,1H3,(H,40,42)(H,41,43). The number of hydrogen-bond acceptors (Lipinski definition) is 6. The lowest BCUT2D eigenvalue weighted by Crippen LogP contribution is -2.48. The molecule has 0 aromatic heterocycles. The molecule has 0 spiro atoms. The molecule has 3 unspecified atom stereocenters. The van der Waals surface area contributed by atoms with Crippen molar-refractivity contribution >= 4 is 33.6 Å². The van der Waals surface area contributed by atoms with E-state index in [0.717, 1.165) is 52.8 Å². The minimum atomic E-state index is -0.934. The van der Waals surface area contributed by atoms with E-state index < -0.39 is 18.1 Å². The Morgan fingerprint density at radius 3 is 2.11 bits per heavy atom. The fourth-order valence-corrected chi connectivity index (χ4v) is 5.99. The van der Waals surface area contributed by atoms with Crippen LogP contribution in [-0.4, -0.2) is 57.1 Å². The van der Waals surface area contributed by atoms with E-state index in [0.29, 0.717) is 18.7 Å². The number of aryl methyl sites for hydroxylation is 1. The first kappa shape index (κ1) is 33.2. The fraction of sp³-hybridized carbons (Fsp3) is 0.297. The smallest absolute Gasteiger partial charge is 0.407 e. The number of methoxy groups -OCH3 is 1. The van der Waals surface area contributed by atoms with E-state index >= 15 is 0 Å². The molecular formula is C37H40BrN3O5. The zero-order valence-corrected chi connectivity index (χ0v) is 27.4. The third-order valence-electron chi connectivity index (χ3n) is 8.05. The van der Waals surface area contributed by atoms with Crippen molar-refractivity contribution in [1.82, 2.24) is 10.6 Å². The highest BCUT2D eigenvalue weighted by molar-refractivity contribution is 9.10. The molecule has 9 heteroatoms. The Morgan fingerprint density at radius 2 is 1.46 bits per heavy atom. The van der Waals surface area contributed by atoms with Crippen LogP contribution in [0.4, 0.5) is 10.5 Å². The molecule has 5 rings (SSSR count). The number of para-hydroxylation sites is 1. The number of carbonyl (C=O) groups is 2. The van der Waals surface area contributed by atoms with Gasteiger partial charge in [-0.25, -0.2) is 4.79 Å². The van der Waals surface area contributed by atoms with Gasteiger partial charge in [0.1, 0.15) is 11.8 Å². The molecule has 0 radical (unpaired) electrons. The molecule has 4 aromatic carbocycles. The summed E-state index contributed by atoms with van der Waals surface area (Å²) in [5, 5.41) is 9.42. The molecule has 240 valence electrons. The predicted octanol–water partition coefficient (Wildman–Crippen LogP) is 6.70. The number of benzene rings is 4. The molecule has 0 bridgehead atoms. The summed E-state index contributed by atoms with van der Waals surface area (Å²) in [6.07, 6.45) is 1.69. The highest BCUT2D eigenvalue weighted by Gasteiger charge is 2.33. The van der Waals surface area contributed by atoms with Crippen LogP contribution < -0.4 is 20.7 Å². The number of anilines is 1. The van der Waals surface area contributed by atoms with Crippen molar-refractivity contribution in [1.29, 1.82) is 0 Å². The Balaban J connectivity index is 1.24. The first-order chi connectivity index (χ1) is 22.5. The lowest BCUT2D eigenvalue weighted by Gasteiger charge is -2.31. The van der Waals surface area contributed by atoms with E-state index in [4.69, 9.17) is 14.2 Å².